The molecule has 1 spiro atoms. The molecule has 6 rings (SSSR count). The largest absolute Gasteiger partial charge is 0.495 e. The molecule has 0 aromatic heterocycles. The first kappa shape index (κ1) is 19.8. The summed E-state index contributed by atoms with van der Waals surface area (Å²) in [6.45, 7) is 2.62. The van der Waals surface area contributed by atoms with Gasteiger partial charge in [-0.05, 0) is 50.1 Å². The number of halogens is 1. The van der Waals surface area contributed by atoms with Gasteiger partial charge in [-0.15, -0.1) is 0 Å². The average molecular weight is 452 g/mol. The number of imide groups is 1. The van der Waals surface area contributed by atoms with Crippen molar-refractivity contribution in [2.75, 3.05) is 23.9 Å². The lowest BCUT2D eigenvalue weighted by Crippen LogP contribution is -2.54. The highest BCUT2D eigenvalue weighted by Crippen LogP contribution is 2.61. The zero-order valence-corrected chi connectivity index (χ0v) is 18.5. The number of methoxy groups -OCH3 is 1. The normalized spacial score (nSPS) is 30.7. The van der Waals surface area contributed by atoms with Crippen LogP contribution in [0.2, 0.25) is 5.02 Å². The fourth-order valence-corrected chi connectivity index (χ4v) is 6.62. The summed E-state index contributed by atoms with van der Waals surface area (Å²) >= 11 is 6.21. The summed E-state index contributed by atoms with van der Waals surface area (Å²) in [5, 5.41) is 3.44. The van der Waals surface area contributed by atoms with Gasteiger partial charge in [0.15, 0.2) is 0 Å². The molecule has 3 saturated heterocycles. The number of anilines is 2. The van der Waals surface area contributed by atoms with Crippen molar-refractivity contribution in [1.29, 1.82) is 0 Å². The number of nitrogens with one attached hydrogen (secondary N) is 1. The summed E-state index contributed by atoms with van der Waals surface area (Å²) in [4.78, 5) is 44.8. The molecule has 2 aromatic carbocycles. The predicted molar refractivity (Wildman–Crippen MR) is 119 cm³/mol. The van der Waals surface area contributed by atoms with Gasteiger partial charge >= 0.3 is 0 Å². The van der Waals surface area contributed by atoms with Crippen LogP contribution < -0.4 is 15.0 Å². The summed E-state index contributed by atoms with van der Waals surface area (Å²) in [6.07, 6.45) is 1.66. The van der Waals surface area contributed by atoms with E-state index in [1.165, 1.54) is 12.0 Å². The Balaban J connectivity index is 1.57. The Morgan fingerprint density at radius 2 is 1.97 bits per heavy atom. The average Bonchev–Trinajstić information content (AvgIpc) is 3.47. The van der Waals surface area contributed by atoms with Crippen molar-refractivity contribution in [2.24, 2.45) is 11.8 Å². The van der Waals surface area contributed by atoms with Crippen molar-refractivity contribution < 1.29 is 19.1 Å². The van der Waals surface area contributed by atoms with Gasteiger partial charge in [0.05, 0.1) is 24.6 Å². The number of carbonyl (C=O) groups excluding carboxylic acids is 3. The SMILES string of the molecule is COc1ccc(Cl)cc1N1C(=O)[C@H]2[C@@H](C1=O)[C@@]1(C(=O)Nc3c(C)cccc31)N1CCC[C@@H]21. The number of hydrogen-bond acceptors (Lipinski definition) is 5. The molecule has 32 heavy (non-hydrogen) atoms. The Bertz CT molecular complexity index is 1210. The van der Waals surface area contributed by atoms with Crippen LogP contribution in [-0.4, -0.2) is 42.3 Å². The minimum absolute atomic E-state index is 0.163. The van der Waals surface area contributed by atoms with E-state index in [1.807, 2.05) is 25.1 Å². The number of benzene rings is 2. The number of amides is 3. The van der Waals surface area contributed by atoms with Crippen LogP contribution in [0.5, 0.6) is 5.75 Å². The van der Waals surface area contributed by atoms with Crippen molar-refractivity contribution in [3.05, 3.63) is 52.5 Å². The second kappa shape index (κ2) is 6.56. The van der Waals surface area contributed by atoms with E-state index in [4.69, 9.17) is 16.3 Å². The second-order valence-corrected chi connectivity index (χ2v) is 9.39. The number of nitrogens with zero attached hydrogens (tertiary/aromatic N) is 2. The summed E-state index contributed by atoms with van der Waals surface area (Å²) in [5.41, 5.74) is 1.63. The molecule has 4 aliphatic rings. The Kier molecular flexibility index (Phi) is 4.05. The van der Waals surface area contributed by atoms with Gasteiger partial charge in [-0.1, -0.05) is 29.8 Å². The monoisotopic (exact) mass is 451 g/mol. The Hall–Kier alpha value is -2.90. The minimum atomic E-state index is -1.18. The fourth-order valence-electron chi connectivity index (χ4n) is 6.45. The molecule has 0 aliphatic carbocycles. The van der Waals surface area contributed by atoms with E-state index in [0.717, 1.165) is 29.7 Å². The quantitative estimate of drug-likeness (QED) is 0.710. The molecule has 2 aromatic rings. The van der Waals surface area contributed by atoms with E-state index in [2.05, 4.69) is 10.2 Å². The summed E-state index contributed by atoms with van der Waals surface area (Å²) in [5.74, 6) is -1.89. The van der Waals surface area contributed by atoms with Crippen molar-refractivity contribution in [2.45, 2.75) is 31.3 Å². The number of rotatable bonds is 2. The third-order valence-electron chi connectivity index (χ3n) is 7.62. The lowest BCUT2D eigenvalue weighted by molar-refractivity contribution is -0.135. The number of fused-ring (bicyclic) bond motifs is 7. The molecule has 164 valence electrons. The highest BCUT2D eigenvalue weighted by Gasteiger charge is 2.74. The molecule has 0 saturated carbocycles. The molecule has 3 amide bonds. The maximum atomic E-state index is 14.0. The molecule has 4 heterocycles. The molecule has 1 N–H and O–H groups in total. The minimum Gasteiger partial charge on any atom is -0.495 e. The van der Waals surface area contributed by atoms with Crippen molar-refractivity contribution >= 4 is 40.7 Å². The molecule has 8 heteroatoms. The Morgan fingerprint density at radius 3 is 2.75 bits per heavy atom. The van der Waals surface area contributed by atoms with Crippen LogP contribution in [0.3, 0.4) is 0 Å². The molecule has 0 radical (unpaired) electrons. The molecular weight excluding hydrogens is 430 g/mol. The third kappa shape index (κ3) is 2.18. The maximum Gasteiger partial charge on any atom is 0.250 e. The first-order chi connectivity index (χ1) is 15.4. The first-order valence-electron chi connectivity index (χ1n) is 10.8. The summed E-state index contributed by atoms with van der Waals surface area (Å²) in [7, 11) is 1.49. The van der Waals surface area contributed by atoms with Gasteiger partial charge in [0.2, 0.25) is 17.7 Å². The van der Waals surface area contributed by atoms with Crippen LogP contribution in [-0.2, 0) is 19.9 Å². The molecule has 0 unspecified atom stereocenters. The van der Waals surface area contributed by atoms with E-state index in [-0.39, 0.29) is 23.8 Å². The molecule has 0 bridgehead atoms. The molecule has 4 atom stereocenters. The van der Waals surface area contributed by atoms with E-state index in [9.17, 15) is 14.4 Å². The van der Waals surface area contributed by atoms with Crippen LogP contribution in [0.4, 0.5) is 11.4 Å². The second-order valence-electron chi connectivity index (χ2n) is 8.95. The van der Waals surface area contributed by atoms with Gasteiger partial charge in [-0.25, -0.2) is 4.90 Å². The number of carbonyl (C=O) groups is 3. The molecular formula is C24H22ClN3O4. The number of aryl methyl sites for hydroxylation is 1. The van der Waals surface area contributed by atoms with Crippen LogP contribution in [0.1, 0.15) is 24.0 Å². The predicted octanol–water partition coefficient (Wildman–Crippen LogP) is 3.09. The van der Waals surface area contributed by atoms with Gasteiger partial charge in [0, 0.05) is 22.3 Å². The summed E-state index contributed by atoms with van der Waals surface area (Å²) < 4.78 is 5.43. The Morgan fingerprint density at radius 1 is 1.16 bits per heavy atom. The zero-order valence-electron chi connectivity index (χ0n) is 17.7. The fraction of sp³-hybridized carbons (Fsp3) is 0.375. The lowest BCUT2D eigenvalue weighted by atomic mass is 9.75. The highest BCUT2D eigenvalue weighted by atomic mass is 35.5. The van der Waals surface area contributed by atoms with Gasteiger partial charge in [0.1, 0.15) is 11.3 Å². The topological polar surface area (TPSA) is 78.9 Å². The van der Waals surface area contributed by atoms with Crippen LogP contribution in [0, 0.1) is 18.8 Å². The van der Waals surface area contributed by atoms with Crippen molar-refractivity contribution in [3.63, 3.8) is 0 Å². The third-order valence-corrected chi connectivity index (χ3v) is 7.85. The highest BCUT2D eigenvalue weighted by molar-refractivity contribution is 6.32. The van der Waals surface area contributed by atoms with Gasteiger partial charge in [-0.3, -0.25) is 19.3 Å². The van der Waals surface area contributed by atoms with Crippen LogP contribution in [0.15, 0.2) is 36.4 Å². The lowest BCUT2D eigenvalue weighted by Gasteiger charge is -2.36. The molecule has 3 fully saturated rings. The smallest absolute Gasteiger partial charge is 0.250 e. The van der Waals surface area contributed by atoms with E-state index in [1.54, 1.807) is 18.2 Å². The zero-order chi connectivity index (χ0) is 22.4. The Labute approximate surface area is 190 Å². The van der Waals surface area contributed by atoms with E-state index < -0.39 is 17.4 Å². The van der Waals surface area contributed by atoms with Crippen LogP contribution in [0.25, 0.3) is 0 Å². The number of ether oxygens (including phenoxy) is 1. The van der Waals surface area contributed by atoms with Gasteiger partial charge in [0.25, 0.3) is 0 Å². The number of para-hydroxylation sites is 1. The molecule has 7 nitrogen and oxygen atoms in total. The van der Waals surface area contributed by atoms with Crippen molar-refractivity contribution in [3.8, 4) is 5.75 Å². The number of hydrogen-bond donors (Lipinski definition) is 1. The van der Waals surface area contributed by atoms with Gasteiger partial charge in [-0.2, -0.15) is 0 Å². The van der Waals surface area contributed by atoms with Gasteiger partial charge < -0.3 is 10.1 Å². The molecule has 4 aliphatic heterocycles. The maximum absolute atomic E-state index is 14.0. The van der Waals surface area contributed by atoms with E-state index >= 15 is 0 Å². The first-order valence-corrected chi connectivity index (χ1v) is 11.2. The van der Waals surface area contributed by atoms with Crippen LogP contribution >= 0.6 is 11.6 Å². The summed E-state index contributed by atoms with van der Waals surface area (Å²) in [6, 6.07) is 10.5. The van der Waals surface area contributed by atoms with Crippen molar-refractivity contribution in [1.82, 2.24) is 4.90 Å². The van der Waals surface area contributed by atoms with E-state index in [0.29, 0.717) is 23.0 Å². The standard InChI is InChI=1S/C24H22ClN3O4/c1-12-5-3-6-14-20(12)26-23(31)24(14)19-18(15-7-4-10-27(15)24)21(29)28(22(19)30)16-11-13(25)8-9-17(16)32-2/h3,5-6,8-9,11,15,18-19H,4,7,10H2,1-2H3,(H,26,31)/t15-,18+,19-,24-/m0/s1.